The Labute approximate surface area is 218 Å². The maximum atomic E-state index is 12.0. The van der Waals surface area contributed by atoms with Crippen LogP contribution in [0.15, 0.2) is 65.8 Å². The van der Waals surface area contributed by atoms with E-state index in [4.69, 9.17) is 4.74 Å². The third-order valence-corrected chi connectivity index (χ3v) is 6.06. The van der Waals surface area contributed by atoms with Gasteiger partial charge in [0.15, 0.2) is 0 Å². The van der Waals surface area contributed by atoms with Gasteiger partial charge in [0.25, 0.3) is 11.6 Å². The van der Waals surface area contributed by atoms with Crippen molar-refractivity contribution in [2.75, 3.05) is 11.9 Å². The Bertz CT molecular complexity index is 1140. The van der Waals surface area contributed by atoms with Crippen molar-refractivity contribution in [3.05, 3.63) is 94.6 Å². The van der Waals surface area contributed by atoms with E-state index in [9.17, 15) is 14.9 Å². The molecule has 8 nitrogen and oxygen atoms in total. The molecule has 0 aromatic heterocycles. The summed E-state index contributed by atoms with van der Waals surface area (Å²) < 4.78 is 7.69. The monoisotopic (exact) mass is 670 g/mol. The van der Waals surface area contributed by atoms with Crippen molar-refractivity contribution >= 4 is 68.7 Å². The Morgan fingerprint density at radius 3 is 2.33 bits per heavy atom. The van der Waals surface area contributed by atoms with E-state index in [1.54, 1.807) is 18.3 Å². The first-order valence-corrected chi connectivity index (χ1v) is 11.9. The first kappa shape index (κ1) is 24.9. The molecule has 0 saturated carbocycles. The number of amides is 1. The number of hydrogen-bond acceptors (Lipinski definition) is 6. The van der Waals surface area contributed by atoms with E-state index in [1.165, 1.54) is 12.1 Å². The number of nitro benzene ring substituents is 1. The molecule has 1 amide bonds. The van der Waals surface area contributed by atoms with Crippen molar-refractivity contribution in [3.8, 4) is 5.75 Å². The van der Waals surface area contributed by atoms with E-state index in [0.717, 1.165) is 35.3 Å². The topological polar surface area (TPSA) is 106 Å². The van der Waals surface area contributed by atoms with Crippen molar-refractivity contribution in [1.29, 1.82) is 0 Å². The number of aryl methyl sites for hydroxylation is 1. The maximum Gasteiger partial charge on any atom is 0.269 e. The minimum atomic E-state index is -0.431. The third-order valence-electron chi connectivity index (χ3n) is 4.46. The summed E-state index contributed by atoms with van der Waals surface area (Å²) in [5.41, 5.74) is 6.23. The molecule has 0 bridgehead atoms. The number of carbonyl (C=O) groups is 1. The number of nitrogens with one attached hydrogen (secondary N) is 2. The van der Waals surface area contributed by atoms with Gasteiger partial charge in [0.1, 0.15) is 12.4 Å². The summed E-state index contributed by atoms with van der Waals surface area (Å²) in [4.78, 5) is 22.3. The van der Waals surface area contributed by atoms with Gasteiger partial charge in [0, 0.05) is 17.8 Å². The molecule has 33 heavy (non-hydrogen) atoms. The molecule has 3 rings (SSSR count). The van der Waals surface area contributed by atoms with Crippen LogP contribution in [0.3, 0.4) is 0 Å². The molecule has 0 saturated heterocycles. The normalized spacial score (nSPS) is 10.8. The van der Waals surface area contributed by atoms with E-state index >= 15 is 0 Å². The van der Waals surface area contributed by atoms with E-state index in [0.29, 0.717) is 6.61 Å². The van der Waals surface area contributed by atoms with Gasteiger partial charge in [-0.2, -0.15) is 5.10 Å². The fourth-order valence-electron chi connectivity index (χ4n) is 2.73. The Morgan fingerprint density at radius 2 is 1.73 bits per heavy atom. The highest BCUT2D eigenvalue weighted by molar-refractivity contribution is 14.1. The summed E-state index contributed by atoms with van der Waals surface area (Å²) >= 11 is 4.35. The van der Waals surface area contributed by atoms with Crippen LogP contribution in [0.2, 0.25) is 0 Å². The molecule has 0 radical (unpaired) electrons. The Hall–Kier alpha value is -2.74. The van der Waals surface area contributed by atoms with E-state index in [1.807, 2.05) is 43.3 Å². The molecule has 0 aliphatic carbocycles. The molecule has 0 spiro atoms. The number of non-ortho nitro benzene ring substituents is 1. The molecule has 0 aliphatic heterocycles. The van der Waals surface area contributed by atoms with E-state index < -0.39 is 4.92 Å². The molecule has 3 aromatic carbocycles. The van der Waals surface area contributed by atoms with Gasteiger partial charge in [-0.15, -0.1) is 0 Å². The molecular formula is C23H20I2N4O4. The van der Waals surface area contributed by atoms with Gasteiger partial charge < -0.3 is 10.1 Å². The number of nitro groups is 1. The number of ether oxygens (including phenoxy) is 1. The molecule has 170 valence electrons. The molecule has 0 fully saturated rings. The lowest BCUT2D eigenvalue weighted by atomic mass is 10.2. The first-order chi connectivity index (χ1) is 15.8. The zero-order valence-electron chi connectivity index (χ0n) is 17.5. The minimum Gasteiger partial charge on any atom is -0.487 e. The van der Waals surface area contributed by atoms with Crippen molar-refractivity contribution in [2.24, 2.45) is 5.10 Å². The lowest BCUT2D eigenvalue weighted by molar-refractivity contribution is -0.384. The van der Waals surface area contributed by atoms with Crippen molar-refractivity contribution in [3.63, 3.8) is 0 Å². The number of carbonyl (C=O) groups excluding carboxylic acids is 1. The van der Waals surface area contributed by atoms with Crippen LogP contribution in [0, 0.1) is 24.2 Å². The highest BCUT2D eigenvalue weighted by Gasteiger charge is 2.10. The number of hydrogen-bond donors (Lipinski definition) is 2. The van der Waals surface area contributed by atoms with Crippen molar-refractivity contribution in [1.82, 2.24) is 5.43 Å². The summed E-state index contributed by atoms with van der Waals surface area (Å²) in [6, 6.07) is 17.8. The molecule has 2 N–H and O–H groups in total. The second-order valence-corrected chi connectivity index (χ2v) is 9.36. The Kier molecular flexibility index (Phi) is 9.00. The first-order valence-electron chi connectivity index (χ1n) is 9.79. The van der Waals surface area contributed by atoms with Gasteiger partial charge in [-0.3, -0.25) is 14.9 Å². The lowest BCUT2D eigenvalue weighted by Gasteiger charge is -2.11. The van der Waals surface area contributed by atoms with Gasteiger partial charge in [-0.1, -0.05) is 17.7 Å². The number of benzene rings is 3. The average molecular weight is 670 g/mol. The van der Waals surface area contributed by atoms with Crippen LogP contribution < -0.4 is 15.5 Å². The fourth-order valence-corrected chi connectivity index (χ4v) is 4.86. The molecule has 10 heteroatoms. The molecule has 0 heterocycles. The second kappa shape index (κ2) is 11.9. The average Bonchev–Trinajstić information content (AvgIpc) is 2.78. The van der Waals surface area contributed by atoms with Crippen molar-refractivity contribution < 1.29 is 14.5 Å². The van der Waals surface area contributed by atoms with Gasteiger partial charge in [-0.25, -0.2) is 5.43 Å². The second-order valence-electron chi connectivity index (χ2n) is 7.04. The molecule has 0 unspecified atom stereocenters. The molecule has 0 atom stereocenters. The number of halogens is 2. The van der Waals surface area contributed by atoms with Crippen LogP contribution in [0.1, 0.15) is 16.7 Å². The maximum absolute atomic E-state index is 12.0. The summed E-state index contributed by atoms with van der Waals surface area (Å²) in [7, 11) is 0. The number of hydrazone groups is 1. The highest BCUT2D eigenvalue weighted by Crippen LogP contribution is 2.29. The van der Waals surface area contributed by atoms with Gasteiger partial charge >= 0.3 is 0 Å². The largest absolute Gasteiger partial charge is 0.487 e. The summed E-state index contributed by atoms with van der Waals surface area (Å²) in [6.07, 6.45) is 1.58. The minimum absolute atomic E-state index is 0.0459. The van der Waals surface area contributed by atoms with Crippen LogP contribution in [0.5, 0.6) is 5.75 Å². The summed E-state index contributed by atoms with van der Waals surface area (Å²) in [5, 5.41) is 17.8. The predicted molar refractivity (Wildman–Crippen MR) is 145 cm³/mol. The van der Waals surface area contributed by atoms with E-state index in [-0.39, 0.29) is 18.1 Å². The van der Waals surface area contributed by atoms with Crippen LogP contribution in [-0.2, 0) is 11.4 Å². The zero-order chi connectivity index (χ0) is 23.8. The van der Waals surface area contributed by atoms with Crippen LogP contribution in [0.4, 0.5) is 11.4 Å². The van der Waals surface area contributed by atoms with E-state index in [2.05, 4.69) is 61.0 Å². The van der Waals surface area contributed by atoms with Gasteiger partial charge in [0.05, 0.1) is 24.8 Å². The summed E-state index contributed by atoms with van der Waals surface area (Å²) in [5.74, 6) is 0.470. The van der Waals surface area contributed by atoms with Crippen LogP contribution in [-0.4, -0.2) is 23.6 Å². The summed E-state index contributed by atoms with van der Waals surface area (Å²) in [6.45, 7) is 2.41. The number of nitrogens with zero attached hydrogens (tertiary/aromatic N) is 2. The third kappa shape index (κ3) is 7.67. The van der Waals surface area contributed by atoms with Crippen molar-refractivity contribution in [2.45, 2.75) is 13.5 Å². The zero-order valence-corrected chi connectivity index (χ0v) is 21.9. The molecular weight excluding hydrogens is 650 g/mol. The van der Waals surface area contributed by atoms with Crippen LogP contribution >= 0.6 is 45.2 Å². The highest BCUT2D eigenvalue weighted by atomic mass is 127. The molecule has 0 aliphatic rings. The van der Waals surface area contributed by atoms with Crippen LogP contribution in [0.25, 0.3) is 0 Å². The smallest absolute Gasteiger partial charge is 0.269 e. The quantitative estimate of drug-likeness (QED) is 0.140. The number of anilines is 1. The lowest BCUT2D eigenvalue weighted by Crippen LogP contribution is -2.25. The standard InChI is InChI=1S/C23H20I2N4O4/c1-15-2-6-18(7-3-15)26-13-22(30)28-27-12-17-10-20(24)23(21(25)11-17)33-14-16-4-8-19(9-5-16)29(31)32/h2-12,26H,13-14H2,1H3,(H,28,30)/b27-12-. The fraction of sp³-hybridized carbons (Fsp3) is 0.130. The Balaban J connectivity index is 1.53. The Morgan fingerprint density at radius 1 is 1.09 bits per heavy atom. The SMILES string of the molecule is Cc1ccc(NCC(=O)N/N=C\c2cc(I)c(OCc3ccc([N+](=O)[O-])cc3)c(I)c2)cc1. The number of rotatable bonds is 9. The van der Waals surface area contributed by atoms with Gasteiger partial charge in [0.2, 0.25) is 0 Å². The predicted octanol–water partition coefficient (Wildman–Crippen LogP) is 5.25. The van der Waals surface area contributed by atoms with Gasteiger partial charge in [-0.05, 0) is 99.6 Å². The molecule has 3 aromatic rings.